The lowest BCUT2D eigenvalue weighted by Crippen LogP contribution is -2.14. The van der Waals surface area contributed by atoms with Crippen molar-refractivity contribution in [3.63, 3.8) is 0 Å². The van der Waals surface area contributed by atoms with Gasteiger partial charge < -0.3 is 10.5 Å². The first-order chi connectivity index (χ1) is 12.3. The summed E-state index contributed by atoms with van der Waals surface area (Å²) in [5.41, 5.74) is 9.41. The van der Waals surface area contributed by atoms with E-state index >= 15 is 0 Å². The van der Waals surface area contributed by atoms with E-state index < -0.39 is 0 Å². The van der Waals surface area contributed by atoms with Crippen LogP contribution in [0.2, 0.25) is 0 Å². The molecule has 2 aromatic carbocycles. The van der Waals surface area contributed by atoms with Crippen molar-refractivity contribution in [2.75, 3.05) is 18.1 Å². The first-order valence-corrected chi connectivity index (χ1v) is 8.99. The van der Waals surface area contributed by atoms with Gasteiger partial charge in [0.2, 0.25) is 5.16 Å². The quantitative estimate of drug-likeness (QED) is 0.730. The predicted octanol–water partition coefficient (Wildman–Crippen LogP) is 3.28. The average molecular weight is 351 g/mol. The van der Waals surface area contributed by atoms with Gasteiger partial charge in [-0.25, -0.2) is 0 Å². The molecule has 6 nitrogen and oxygen atoms in total. The molecule has 1 aromatic heterocycles. The second-order valence-electron chi connectivity index (χ2n) is 5.50. The number of anilines is 1. The fraction of sp³-hybridized carbons (Fsp3) is 0.167. The Morgan fingerprint density at radius 1 is 1.12 bits per heavy atom. The summed E-state index contributed by atoms with van der Waals surface area (Å²) in [7, 11) is 0. The third kappa shape index (κ3) is 2.98. The van der Waals surface area contributed by atoms with Crippen LogP contribution in [0.25, 0.3) is 11.4 Å². The first kappa shape index (κ1) is 15.7. The Hall–Kier alpha value is -2.80. The fourth-order valence-corrected chi connectivity index (χ4v) is 3.48. The van der Waals surface area contributed by atoms with Gasteiger partial charge in [0, 0.05) is 11.4 Å². The second-order valence-corrected chi connectivity index (χ2v) is 6.45. The number of nitrogens with zero attached hydrogens (tertiary/aromatic N) is 4. The normalized spacial score (nSPS) is 13.2. The number of aromatic nitrogens is 3. The van der Waals surface area contributed by atoms with Crippen LogP contribution in [0, 0.1) is 0 Å². The van der Waals surface area contributed by atoms with E-state index in [-0.39, 0.29) is 0 Å². The lowest BCUT2D eigenvalue weighted by molar-refractivity contribution is 0.341. The molecule has 1 aliphatic rings. The van der Waals surface area contributed by atoms with Crippen LogP contribution in [0.3, 0.4) is 0 Å². The van der Waals surface area contributed by atoms with Crippen molar-refractivity contribution in [3.8, 4) is 17.1 Å². The largest absolute Gasteiger partial charge is 0.493 e. The molecule has 0 bridgehead atoms. The predicted molar refractivity (Wildman–Crippen MR) is 100 cm³/mol. The first-order valence-electron chi connectivity index (χ1n) is 8.00. The topological polar surface area (TPSA) is 78.3 Å². The highest BCUT2D eigenvalue weighted by Crippen LogP contribution is 2.33. The van der Waals surface area contributed by atoms with E-state index in [0.717, 1.165) is 39.2 Å². The molecule has 0 fully saturated rings. The minimum Gasteiger partial charge on any atom is -0.493 e. The average Bonchev–Trinajstić information content (AvgIpc) is 3.06. The Morgan fingerprint density at radius 3 is 2.72 bits per heavy atom. The Bertz CT molecular complexity index is 933. The van der Waals surface area contributed by atoms with Crippen LogP contribution in [0.15, 0.2) is 58.8 Å². The Labute approximate surface area is 149 Å². The highest BCUT2D eigenvalue weighted by molar-refractivity contribution is 7.99. The van der Waals surface area contributed by atoms with Crippen LogP contribution >= 0.6 is 11.8 Å². The van der Waals surface area contributed by atoms with Gasteiger partial charge in [0.05, 0.1) is 17.9 Å². The summed E-state index contributed by atoms with van der Waals surface area (Å²) in [5, 5.41) is 14.2. The van der Waals surface area contributed by atoms with Crippen molar-refractivity contribution in [3.05, 3.63) is 54.1 Å². The minimum atomic E-state index is 0.590. The van der Waals surface area contributed by atoms with E-state index in [1.54, 1.807) is 16.4 Å². The van der Waals surface area contributed by atoms with Gasteiger partial charge in [-0.2, -0.15) is 9.78 Å². The molecule has 0 radical (unpaired) electrons. The number of para-hydroxylation sites is 1. The molecule has 0 spiro atoms. The van der Waals surface area contributed by atoms with Crippen molar-refractivity contribution >= 4 is 23.2 Å². The van der Waals surface area contributed by atoms with Crippen LogP contribution in [0.5, 0.6) is 5.75 Å². The zero-order valence-corrected chi connectivity index (χ0v) is 14.5. The summed E-state index contributed by atoms with van der Waals surface area (Å²) in [5.74, 6) is 2.20. The monoisotopic (exact) mass is 351 g/mol. The van der Waals surface area contributed by atoms with E-state index in [1.165, 1.54) is 0 Å². The third-order valence-electron chi connectivity index (χ3n) is 3.84. The molecular formula is C18H17N5OS. The molecule has 25 heavy (non-hydrogen) atoms. The maximum atomic E-state index is 5.78. The van der Waals surface area contributed by atoms with Crippen molar-refractivity contribution in [1.82, 2.24) is 14.9 Å². The highest BCUT2D eigenvalue weighted by Gasteiger charge is 2.22. The molecule has 126 valence electrons. The molecule has 2 heterocycles. The highest BCUT2D eigenvalue weighted by atomic mass is 32.2. The van der Waals surface area contributed by atoms with E-state index in [9.17, 15) is 0 Å². The van der Waals surface area contributed by atoms with Crippen molar-refractivity contribution in [1.29, 1.82) is 0 Å². The summed E-state index contributed by atoms with van der Waals surface area (Å²) in [6.07, 6.45) is 0. The maximum Gasteiger partial charge on any atom is 0.212 e. The van der Waals surface area contributed by atoms with E-state index in [2.05, 4.69) is 10.2 Å². The number of nitrogens with two attached hydrogens (primary N) is 1. The van der Waals surface area contributed by atoms with Gasteiger partial charge in [-0.1, -0.05) is 36.0 Å². The van der Waals surface area contributed by atoms with Gasteiger partial charge in [-0.3, -0.25) is 0 Å². The summed E-state index contributed by atoms with van der Waals surface area (Å²) >= 11 is 1.62. The lowest BCUT2D eigenvalue weighted by Gasteiger charge is -2.15. The smallest absolute Gasteiger partial charge is 0.212 e. The molecular weight excluding hydrogens is 334 g/mol. The molecule has 1 aliphatic heterocycles. The zero-order chi connectivity index (χ0) is 17.2. The number of hydrogen-bond donors (Lipinski definition) is 1. The summed E-state index contributed by atoms with van der Waals surface area (Å²) in [6.45, 7) is 2.55. The molecule has 0 atom stereocenters. The Morgan fingerprint density at radius 2 is 1.92 bits per heavy atom. The van der Waals surface area contributed by atoms with E-state index in [0.29, 0.717) is 12.4 Å². The molecule has 0 saturated carbocycles. The number of fused-ring (bicyclic) bond motifs is 1. The van der Waals surface area contributed by atoms with Crippen LogP contribution < -0.4 is 10.5 Å². The minimum absolute atomic E-state index is 0.590. The molecule has 0 unspecified atom stereocenters. The Balaban J connectivity index is 1.79. The van der Waals surface area contributed by atoms with E-state index in [1.807, 2.05) is 55.5 Å². The molecule has 4 rings (SSSR count). The number of thioether (sulfide) groups is 1. The number of rotatable bonds is 4. The van der Waals surface area contributed by atoms with Crippen LogP contribution in [-0.2, 0) is 0 Å². The maximum absolute atomic E-state index is 5.78. The summed E-state index contributed by atoms with van der Waals surface area (Å²) in [6, 6.07) is 15.5. The molecule has 0 amide bonds. The van der Waals surface area contributed by atoms with Gasteiger partial charge in [0.15, 0.2) is 5.82 Å². The molecule has 3 aromatic rings. The molecule has 7 heteroatoms. The zero-order valence-electron chi connectivity index (χ0n) is 13.7. The molecule has 2 N–H and O–H groups in total. The van der Waals surface area contributed by atoms with Crippen molar-refractivity contribution in [2.45, 2.75) is 12.1 Å². The number of hydrogen-bond acceptors (Lipinski definition) is 6. The SMILES string of the molecule is CCOc1ccccc1-c1nnc2n1N=C(c1ccc(N)cc1)CS2. The molecule has 0 aliphatic carbocycles. The van der Waals surface area contributed by atoms with Gasteiger partial charge in [0.1, 0.15) is 5.75 Å². The van der Waals surface area contributed by atoms with Crippen LogP contribution in [0.1, 0.15) is 12.5 Å². The summed E-state index contributed by atoms with van der Waals surface area (Å²) in [4.78, 5) is 0. The van der Waals surface area contributed by atoms with Crippen LogP contribution in [0.4, 0.5) is 5.69 Å². The van der Waals surface area contributed by atoms with Gasteiger partial charge >= 0.3 is 0 Å². The second kappa shape index (κ2) is 6.60. The molecule has 0 saturated heterocycles. The standard InChI is InChI=1S/C18H17N5OS/c1-2-24-16-6-4-3-5-14(16)17-20-21-18-23(17)22-15(11-25-18)12-7-9-13(19)10-8-12/h3-10H,2,11,19H2,1H3. The number of benzene rings is 2. The Kier molecular flexibility index (Phi) is 4.15. The third-order valence-corrected chi connectivity index (χ3v) is 4.77. The van der Waals surface area contributed by atoms with Crippen LogP contribution in [-0.4, -0.2) is 32.9 Å². The van der Waals surface area contributed by atoms with Crippen molar-refractivity contribution < 1.29 is 4.74 Å². The van der Waals surface area contributed by atoms with Gasteiger partial charge in [-0.05, 0) is 36.8 Å². The summed E-state index contributed by atoms with van der Waals surface area (Å²) < 4.78 is 7.52. The van der Waals surface area contributed by atoms with Crippen molar-refractivity contribution in [2.24, 2.45) is 5.10 Å². The number of ether oxygens (including phenoxy) is 1. The van der Waals surface area contributed by atoms with E-state index in [4.69, 9.17) is 15.6 Å². The number of nitrogen functional groups attached to an aromatic ring is 1. The van der Waals surface area contributed by atoms with Gasteiger partial charge in [0.25, 0.3) is 0 Å². The van der Waals surface area contributed by atoms with Gasteiger partial charge in [-0.15, -0.1) is 10.2 Å². The fourth-order valence-electron chi connectivity index (χ4n) is 2.65. The lowest BCUT2D eigenvalue weighted by atomic mass is 10.1.